The van der Waals surface area contributed by atoms with Crippen molar-refractivity contribution in [3.63, 3.8) is 0 Å². The Hall–Kier alpha value is -1.76. The van der Waals surface area contributed by atoms with Crippen LogP contribution < -0.4 is 5.32 Å². The van der Waals surface area contributed by atoms with Crippen LogP contribution in [0.5, 0.6) is 0 Å². The predicted molar refractivity (Wildman–Crippen MR) is 82.0 cm³/mol. The highest BCUT2D eigenvalue weighted by molar-refractivity contribution is 7.99. The maximum Gasteiger partial charge on any atom is 0.230 e. The highest BCUT2D eigenvalue weighted by Gasteiger charge is 2.17. The van der Waals surface area contributed by atoms with Crippen LogP contribution in [0.1, 0.15) is 20.8 Å². The number of nitrogens with zero attached hydrogens (tertiary/aromatic N) is 3. The summed E-state index contributed by atoms with van der Waals surface area (Å²) in [5.74, 6) is 2.17. The molecule has 7 heteroatoms. The third kappa shape index (κ3) is 4.10. The number of aromatic nitrogens is 3. The standard InChI is InChI=1S/C14H20N4O2S/c1-4-15-12(19)9-21-14-17-16-13(11-6-5-7-20-11)18(14)8-10(2)3/h5-7,10H,4,8-9H2,1-3H3,(H,15,19). The molecule has 2 rings (SSSR count). The number of carbonyl (C=O) groups excluding carboxylic acids is 1. The van der Waals surface area contributed by atoms with Crippen molar-refractivity contribution >= 4 is 17.7 Å². The Morgan fingerprint density at radius 2 is 2.29 bits per heavy atom. The third-order valence-electron chi connectivity index (χ3n) is 2.71. The van der Waals surface area contributed by atoms with Crippen molar-refractivity contribution in [2.75, 3.05) is 12.3 Å². The van der Waals surface area contributed by atoms with E-state index in [1.807, 2.05) is 23.6 Å². The molecule has 1 amide bonds. The second kappa shape index (κ2) is 7.31. The molecule has 0 radical (unpaired) electrons. The first-order valence-electron chi connectivity index (χ1n) is 6.98. The Morgan fingerprint density at radius 3 is 2.90 bits per heavy atom. The second-order valence-corrected chi connectivity index (χ2v) is 5.97. The van der Waals surface area contributed by atoms with E-state index in [4.69, 9.17) is 4.42 Å². The van der Waals surface area contributed by atoms with Gasteiger partial charge in [-0.1, -0.05) is 25.6 Å². The number of carbonyl (C=O) groups is 1. The molecule has 0 aliphatic heterocycles. The van der Waals surface area contributed by atoms with Gasteiger partial charge in [-0.05, 0) is 25.0 Å². The minimum Gasteiger partial charge on any atom is -0.461 e. The highest BCUT2D eigenvalue weighted by atomic mass is 32.2. The van der Waals surface area contributed by atoms with Crippen LogP contribution in [0.3, 0.4) is 0 Å². The Morgan fingerprint density at radius 1 is 1.48 bits per heavy atom. The molecule has 2 aromatic rings. The fraction of sp³-hybridized carbons (Fsp3) is 0.500. The van der Waals surface area contributed by atoms with E-state index in [9.17, 15) is 4.79 Å². The van der Waals surface area contributed by atoms with Crippen LogP contribution in [0.2, 0.25) is 0 Å². The molecule has 114 valence electrons. The van der Waals surface area contributed by atoms with Crippen LogP contribution in [0.25, 0.3) is 11.6 Å². The lowest BCUT2D eigenvalue weighted by molar-refractivity contribution is -0.118. The Kier molecular flexibility index (Phi) is 5.44. The van der Waals surface area contributed by atoms with E-state index in [2.05, 4.69) is 29.4 Å². The number of rotatable bonds is 7. The summed E-state index contributed by atoms with van der Waals surface area (Å²) in [6.45, 7) is 7.57. The normalized spacial score (nSPS) is 11.0. The molecule has 0 fully saturated rings. The van der Waals surface area contributed by atoms with Gasteiger partial charge in [0.2, 0.25) is 5.91 Å². The first-order valence-corrected chi connectivity index (χ1v) is 7.97. The zero-order valence-electron chi connectivity index (χ0n) is 12.5. The predicted octanol–water partition coefficient (Wildman–Crippen LogP) is 2.42. The van der Waals surface area contributed by atoms with Gasteiger partial charge < -0.3 is 9.73 Å². The average Bonchev–Trinajstić information content (AvgIpc) is 3.05. The van der Waals surface area contributed by atoms with Crippen molar-refractivity contribution in [1.82, 2.24) is 20.1 Å². The van der Waals surface area contributed by atoms with Crippen molar-refractivity contribution in [2.24, 2.45) is 5.92 Å². The molecule has 0 aliphatic carbocycles. The van der Waals surface area contributed by atoms with Crippen molar-refractivity contribution in [3.05, 3.63) is 18.4 Å². The molecule has 0 aliphatic rings. The van der Waals surface area contributed by atoms with E-state index in [1.54, 1.807) is 6.26 Å². The van der Waals surface area contributed by atoms with Crippen LogP contribution in [-0.4, -0.2) is 33.0 Å². The average molecular weight is 308 g/mol. The number of thioether (sulfide) groups is 1. The summed E-state index contributed by atoms with van der Waals surface area (Å²) in [7, 11) is 0. The molecule has 2 aromatic heterocycles. The minimum atomic E-state index is 0.00106. The molecule has 1 N–H and O–H groups in total. The maximum absolute atomic E-state index is 11.6. The van der Waals surface area contributed by atoms with Gasteiger partial charge in [-0.2, -0.15) is 0 Å². The van der Waals surface area contributed by atoms with Crippen molar-refractivity contribution in [3.8, 4) is 11.6 Å². The molecular weight excluding hydrogens is 288 g/mol. The lowest BCUT2D eigenvalue weighted by atomic mass is 10.2. The van der Waals surface area contributed by atoms with Gasteiger partial charge >= 0.3 is 0 Å². The number of furan rings is 1. The largest absolute Gasteiger partial charge is 0.461 e. The summed E-state index contributed by atoms with van der Waals surface area (Å²) in [5.41, 5.74) is 0. The monoisotopic (exact) mass is 308 g/mol. The molecule has 6 nitrogen and oxygen atoms in total. The zero-order valence-corrected chi connectivity index (χ0v) is 13.3. The Labute approximate surface area is 128 Å². The summed E-state index contributed by atoms with van der Waals surface area (Å²) in [6, 6.07) is 3.68. The summed E-state index contributed by atoms with van der Waals surface area (Å²) in [4.78, 5) is 11.6. The van der Waals surface area contributed by atoms with E-state index in [0.717, 1.165) is 11.7 Å². The van der Waals surface area contributed by atoms with Gasteiger partial charge in [0, 0.05) is 13.1 Å². The lowest BCUT2D eigenvalue weighted by Crippen LogP contribution is -2.24. The van der Waals surface area contributed by atoms with Crippen LogP contribution in [0.15, 0.2) is 28.0 Å². The molecule has 0 unspecified atom stereocenters. The van der Waals surface area contributed by atoms with Crippen molar-refractivity contribution < 1.29 is 9.21 Å². The maximum atomic E-state index is 11.6. The molecule has 21 heavy (non-hydrogen) atoms. The molecule has 0 spiro atoms. The number of nitrogens with one attached hydrogen (secondary N) is 1. The van der Waals surface area contributed by atoms with Crippen LogP contribution in [0.4, 0.5) is 0 Å². The highest BCUT2D eigenvalue weighted by Crippen LogP contribution is 2.25. The first-order chi connectivity index (χ1) is 10.1. The van der Waals surface area contributed by atoms with E-state index in [1.165, 1.54) is 11.8 Å². The van der Waals surface area contributed by atoms with Crippen molar-refractivity contribution in [1.29, 1.82) is 0 Å². The third-order valence-corrected chi connectivity index (χ3v) is 3.68. The SMILES string of the molecule is CCNC(=O)CSc1nnc(-c2ccco2)n1CC(C)C. The van der Waals surface area contributed by atoms with E-state index in [-0.39, 0.29) is 5.91 Å². The smallest absolute Gasteiger partial charge is 0.230 e. The van der Waals surface area contributed by atoms with Gasteiger partial charge in [0.05, 0.1) is 12.0 Å². The number of hydrogen-bond donors (Lipinski definition) is 1. The quantitative estimate of drug-likeness (QED) is 0.795. The second-order valence-electron chi connectivity index (χ2n) is 5.03. The van der Waals surface area contributed by atoms with Crippen LogP contribution >= 0.6 is 11.8 Å². The molecule has 0 bridgehead atoms. The summed E-state index contributed by atoms with van der Waals surface area (Å²) < 4.78 is 7.41. The van der Waals surface area contributed by atoms with E-state index < -0.39 is 0 Å². The zero-order chi connectivity index (χ0) is 15.2. The lowest BCUT2D eigenvalue weighted by Gasteiger charge is -2.11. The van der Waals surface area contributed by atoms with Crippen LogP contribution in [0, 0.1) is 5.92 Å². The Bertz CT molecular complexity index is 578. The van der Waals surface area contributed by atoms with Gasteiger partial charge in [-0.25, -0.2) is 0 Å². The molecule has 2 heterocycles. The molecular formula is C14H20N4O2S. The van der Waals surface area contributed by atoms with E-state index >= 15 is 0 Å². The molecule has 0 saturated carbocycles. The number of hydrogen-bond acceptors (Lipinski definition) is 5. The van der Waals surface area contributed by atoms with Crippen LogP contribution in [-0.2, 0) is 11.3 Å². The summed E-state index contributed by atoms with van der Waals surface area (Å²) >= 11 is 1.39. The number of amides is 1. The fourth-order valence-corrected chi connectivity index (χ4v) is 2.67. The molecule has 0 saturated heterocycles. The summed E-state index contributed by atoms with van der Waals surface area (Å²) in [5, 5.41) is 11.9. The van der Waals surface area contributed by atoms with Gasteiger partial charge in [0.15, 0.2) is 16.7 Å². The van der Waals surface area contributed by atoms with Gasteiger partial charge in [-0.15, -0.1) is 10.2 Å². The minimum absolute atomic E-state index is 0.00106. The first kappa shape index (κ1) is 15.6. The van der Waals surface area contributed by atoms with Gasteiger partial charge in [0.1, 0.15) is 0 Å². The van der Waals surface area contributed by atoms with Gasteiger partial charge in [0.25, 0.3) is 0 Å². The fourth-order valence-electron chi connectivity index (χ4n) is 1.89. The Balaban J connectivity index is 2.19. The topological polar surface area (TPSA) is 73.0 Å². The summed E-state index contributed by atoms with van der Waals surface area (Å²) in [6.07, 6.45) is 1.62. The molecule has 0 aromatic carbocycles. The van der Waals surface area contributed by atoms with Crippen molar-refractivity contribution in [2.45, 2.75) is 32.5 Å². The molecule has 0 atom stereocenters. The van der Waals surface area contributed by atoms with Gasteiger partial charge in [-0.3, -0.25) is 9.36 Å². The van der Waals surface area contributed by atoms with E-state index in [0.29, 0.717) is 29.8 Å².